The van der Waals surface area contributed by atoms with Crippen molar-refractivity contribution in [1.29, 1.82) is 0 Å². The number of halogens is 4. The average Bonchev–Trinajstić information content (AvgIpc) is 1.79. The molecule has 4 N–H and O–H groups in total. The third kappa shape index (κ3) is 23.5. The summed E-state index contributed by atoms with van der Waals surface area (Å²) in [6.45, 7) is 45.2. The van der Waals surface area contributed by atoms with Gasteiger partial charge in [-0.2, -0.15) is 0 Å². The summed E-state index contributed by atoms with van der Waals surface area (Å²) in [7, 11) is 0. The molecule has 12 aromatic rings. The lowest BCUT2D eigenvalue weighted by molar-refractivity contribution is 0.0910. The Labute approximate surface area is 678 Å². The maximum absolute atomic E-state index is 14.2. The summed E-state index contributed by atoms with van der Waals surface area (Å²) in [5.41, 5.74) is 12.7. The summed E-state index contributed by atoms with van der Waals surface area (Å²) >= 11 is 5.83. The molecule has 0 unspecified atom stereocenters. The summed E-state index contributed by atoms with van der Waals surface area (Å²) in [6, 6.07) is 45.4. The standard InChI is InChI=1S/2C23H27FN4O.C23H28N4O.C22H24ClFN4O/c1-14(2)21-27-25-13-28(21)19-11-17(16-7-8-20(24)15(3)9-16)10-18(12-19)22(29)26-23(4,5)6;1-14(2)21-27-25-13-28(21)19-10-17(16-8-7-15(3)20(24)12-16)9-18(11-19)22(29)26-23(4,5)6;1-15(2)21-26-24-14-27(21)20-12-18(17-9-7-16(3)8-10-17)11-19(13-20)22(28)25-23(4,5)6;1-13(2)20-27-25-12-28(20)17-9-15(14-6-7-18(23)19(24)11-14)8-16(10-17)21(29)26-22(3,4)5/h2*7-14H,1-6H3,(H,26,29);7-15H,1-6H3,(H,25,28);6-13H,1-5H3,(H,26,29). The second-order valence-electron chi connectivity index (χ2n) is 34.2. The van der Waals surface area contributed by atoms with Crippen molar-refractivity contribution in [2.45, 2.75) is 205 Å². The fourth-order valence-corrected chi connectivity index (χ4v) is 12.3. The molecule has 0 saturated heterocycles. The number of hydrogen-bond acceptors (Lipinski definition) is 12. The zero-order valence-corrected chi connectivity index (χ0v) is 70.8. The van der Waals surface area contributed by atoms with Crippen molar-refractivity contribution < 1.29 is 32.3 Å². The lowest BCUT2D eigenvalue weighted by Gasteiger charge is -2.21. The molecular formula is C91H106ClF3N16O4. The summed E-state index contributed by atoms with van der Waals surface area (Å²) in [5, 5.41) is 45.1. The van der Waals surface area contributed by atoms with Gasteiger partial charge in [0.1, 0.15) is 66.1 Å². The second-order valence-corrected chi connectivity index (χ2v) is 34.6. The number of aryl methyl sites for hydroxylation is 3. The maximum atomic E-state index is 14.2. The highest BCUT2D eigenvalue weighted by Crippen LogP contribution is 2.34. The van der Waals surface area contributed by atoms with Gasteiger partial charge in [-0.1, -0.05) is 121 Å². The number of rotatable bonds is 16. The van der Waals surface area contributed by atoms with Crippen molar-refractivity contribution in [3.8, 4) is 67.3 Å². The van der Waals surface area contributed by atoms with Gasteiger partial charge in [0, 0.05) is 90.8 Å². The topological polar surface area (TPSA) is 239 Å². The van der Waals surface area contributed by atoms with Crippen molar-refractivity contribution in [3.05, 3.63) is 262 Å². The molecule has 4 aromatic heterocycles. The molecule has 20 nitrogen and oxygen atoms in total. The number of carbonyl (C=O) groups excluding carboxylic acids is 4. The van der Waals surface area contributed by atoms with E-state index in [0.29, 0.717) is 50.1 Å². The highest BCUT2D eigenvalue weighted by Gasteiger charge is 2.25. The average molecular weight is 1580 g/mol. The fourth-order valence-electron chi connectivity index (χ4n) is 12.2. The van der Waals surface area contributed by atoms with E-state index in [4.69, 9.17) is 11.6 Å². The van der Waals surface area contributed by atoms with Crippen LogP contribution in [0.3, 0.4) is 0 Å². The molecular weight excluding hydrogens is 1470 g/mol. The SMILES string of the molecule is CC(C)c1nncn1-c1cc(C(=O)NC(C)(C)C)cc(-c2ccc(Cl)c(F)c2)c1.Cc1cc(-c2cc(C(=O)NC(C)(C)C)cc(-n3cnnc3C(C)C)c2)ccc1F.Cc1ccc(-c2cc(C(=O)NC(C)(C)C)cc(-n3cnnc3C(C)C)c2)cc1.Cc1ccc(-c2cc(C(=O)NC(C)(C)C)cc(-n3cnnc3C(C)C)c2)cc1F. The second kappa shape index (κ2) is 36.2. The molecule has 0 atom stereocenters. The molecule has 0 saturated carbocycles. The first-order valence-electron chi connectivity index (χ1n) is 38.4. The van der Waals surface area contributed by atoms with Gasteiger partial charge >= 0.3 is 0 Å². The van der Waals surface area contributed by atoms with Crippen molar-refractivity contribution in [2.75, 3.05) is 0 Å². The van der Waals surface area contributed by atoms with E-state index >= 15 is 0 Å². The minimum absolute atomic E-state index is 0.0523. The van der Waals surface area contributed by atoms with Gasteiger partial charge in [-0.25, -0.2) is 13.2 Å². The molecule has 4 heterocycles. The fraction of sp³-hybridized carbons (Fsp3) is 0.341. The van der Waals surface area contributed by atoms with Crippen LogP contribution in [0.2, 0.25) is 5.02 Å². The quantitative estimate of drug-likeness (QED) is 0.0706. The first kappa shape index (κ1) is 87.2. The Bertz CT molecular complexity index is 5070. The minimum atomic E-state index is -0.512. The number of aromatic nitrogens is 12. The first-order chi connectivity index (χ1) is 53.8. The minimum Gasteiger partial charge on any atom is -0.347 e. The number of benzene rings is 8. The molecule has 24 heteroatoms. The Balaban J connectivity index is 0.000000175. The molecule has 12 rings (SSSR count). The van der Waals surface area contributed by atoms with E-state index in [1.165, 1.54) is 29.8 Å². The van der Waals surface area contributed by atoms with E-state index in [0.717, 1.165) is 73.9 Å². The third-order valence-corrected chi connectivity index (χ3v) is 18.1. The van der Waals surface area contributed by atoms with Crippen LogP contribution in [0.4, 0.5) is 13.2 Å². The molecule has 8 aromatic carbocycles. The number of nitrogens with zero attached hydrogens (tertiary/aromatic N) is 12. The maximum Gasteiger partial charge on any atom is 0.251 e. The van der Waals surface area contributed by atoms with E-state index in [1.54, 1.807) is 81.6 Å². The van der Waals surface area contributed by atoms with Crippen LogP contribution in [-0.2, 0) is 0 Å². The Morgan fingerprint density at radius 2 is 0.583 bits per heavy atom. The first-order valence-corrected chi connectivity index (χ1v) is 38.7. The molecule has 0 aliphatic heterocycles. The van der Waals surface area contributed by atoms with Crippen LogP contribution in [0.5, 0.6) is 0 Å². The van der Waals surface area contributed by atoms with Gasteiger partial charge in [-0.3, -0.25) is 37.4 Å². The summed E-state index contributed by atoms with van der Waals surface area (Å²) < 4.78 is 49.6. The lowest BCUT2D eigenvalue weighted by atomic mass is 9.99. The molecule has 115 heavy (non-hydrogen) atoms. The van der Waals surface area contributed by atoms with Crippen molar-refractivity contribution in [2.24, 2.45) is 0 Å². The van der Waals surface area contributed by atoms with Crippen LogP contribution in [-0.4, -0.2) is 105 Å². The molecule has 0 fully saturated rings. The molecule has 0 radical (unpaired) electrons. The van der Waals surface area contributed by atoms with Gasteiger partial charge in [-0.15, -0.1) is 40.8 Å². The van der Waals surface area contributed by atoms with E-state index < -0.39 is 5.82 Å². The molecule has 0 aliphatic carbocycles. The van der Waals surface area contributed by atoms with Gasteiger partial charge in [0.2, 0.25) is 0 Å². The molecule has 0 aliphatic rings. The van der Waals surface area contributed by atoms with Crippen LogP contribution in [0.25, 0.3) is 67.3 Å². The van der Waals surface area contributed by atoms with Gasteiger partial charge in [-0.05, 0) is 263 Å². The zero-order chi connectivity index (χ0) is 84.5. The van der Waals surface area contributed by atoms with Crippen molar-refractivity contribution in [1.82, 2.24) is 80.3 Å². The van der Waals surface area contributed by atoms with E-state index in [-0.39, 0.29) is 86.1 Å². The van der Waals surface area contributed by atoms with Crippen molar-refractivity contribution >= 4 is 35.2 Å². The molecule has 0 bridgehead atoms. The van der Waals surface area contributed by atoms with Crippen LogP contribution < -0.4 is 21.3 Å². The molecule has 0 spiro atoms. The Kier molecular flexibility index (Phi) is 27.5. The van der Waals surface area contributed by atoms with Gasteiger partial charge in [0.25, 0.3) is 23.6 Å². The zero-order valence-electron chi connectivity index (χ0n) is 70.1. The largest absolute Gasteiger partial charge is 0.347 e. The van der Waals surface area contributed by atoms with Crippen molar-refractivity contribution in [3.63, 3.8) is 0 Å². The monoisotopic (exact) mass is 1580 g/mol. The smallest absolute Gasteiger partial charge is 0.251 e. The third-order valence-electron chi connectivity index (χ3n) is 17.8. The summed E-state index contributed by atoms with van der Waals surface area (Å²) in [4.78, 5) is 51.5. The number of carbonyl (C=O) groups is 4. The van der Waals surface area contributed by atoms with E-state index in [1.807, 2.05) is 197 Å². The van der Waals surface area contributed by atoms with Gasteiger partial charge in [0.05, 0.1) is 5.02 Å². The Morgan fingerprint density at radius 3 is 0.861 bits per heavy atom. The van der Waals surface area contributed by atoms with Crippen LogP contribution in [0.15, 0.2) is 177 Å². The molecule has 4 amide bonds. The summed E-state index contributed by atoms with van der Waals surface area (Å²) in [5.74, 6) is 2.21. The lowest BCUT2D eigenvalue weighted by Crippen LogP contribution is -2.40. The van der Waals surface area contributed by atoms with Crippen LogP contribution in [0, 0.1) is 38.2 Å². The normalized spacial score (nSPS) is 11.7. The Hall–Kier alpha value is -11.7. The van der Waals surface area contributed by atoms with E-state index in [2.05, 4.69) is 113 Å². The number of nitrogens with one attached hydrogen (secondary N) is 4. The summed E-state index contributed by atoms with van der Waals surface area (Å²) in [6.07, 6.45) is 6.60. The highest BCUT2D eigenvalue weighted by atomic mass is 35.5. The van der Waals surface area contributed by atoms with Gasteiger partial charge in [0.15, 0.2) is 0 Å². The Morgan fingerprint density at radius 1 is 0.313 bits per heavy atom. The highest BCUT2D eigenvalue weighted by molar-refractivity contribution is 6.30. The predicted molar refractivity (Wildman–Crippen MR) is 452 cm³/mol. The number of amides is 4. The van der Waals surface area contributed by atoms with Crippen LogP contribution >= 0.6 is 11.6 Å². The molecule has 602 valence electrons. The number of hydrogen-bond donors (Lipinski definition) is 4. The predicted octanol–water partition coefficient (Wildman–Crippen LogP) is 20.3. The van der Waals surface area contributed by atoms with Crippen LogP contribution in [0.1, 0.15) is 244 Å². The van der Waals surface area contributed by atoms with E-state index in [9.17, 15) is 32.3 Å². The van der Waals surface area contributed by atoms with Gasteiger partial charge < -0.3 is 21.3 Å².